The maximum atomic E-state index is 13.8. The van der Waals surface area contributed by atoms with Crippen LogP contribution in [-0.4, -0.2) is 24.0 Å². The first kappa shape index (κ1) is 25.4. The molecule has 1 aliphatic heterocycles. The van der Waals surface area contributed by atoms with Crippen molar-refractivity contribution in [1.82, 2.24) is 4.90 Å². The van der Waals surface area contributed by atoms with Gasteiger partial charge >= 0.3 is 0 Å². The molecule has 8 heteroatoms. The SMILES string of the molecule is CCCOc1ccc(C2c3c(oc4ccc(Br)cc4c3=O)C(=O)N2Cc2ccccc2Cl)cc1OCC. The van der Waals surface area contributed by atoms with Gasteiger partial charge in [0.15, 0.2) is 16.9 Å². The smallest absolute Gasteiger partial charge is 0.291 e. The summed E-state index contributed by atoms with van der Waals surface area (Å²) < 4.78 is 18.6. The van der Waals surface area contributed by atoms with Gasteiger partial charge in [0, 0.05) is 16.0 Å². The summed E-state index contributed by atoms with van der Waals surface area (Å²) in [4.78, 5) is 29.2. The maximum Gasteiger partial charge on any atom is 0.291 e. The minimum atomic E-state index is -0.696. The molecule has 1 atom stereocenters. The molecule has 6 nitrogen and oxygen atoms in total. The molecule has 37 heavy (non-hydrogen) atoms. The Morgan fingerprint density at radius 3 is 2.57 bits per heavy atom. The number of rotatable bonds is 8. The second-order valence-electron chi connectivity index (χ2n) is 8.73. The van der Waals surface area contributed by atoms with E-state index in [1.54, 1.807) is 29.2 Å². The fourth-order valence-corrected chi connectivity index (χ4v) is 5.16. The van der Waals surface area contributed by atoms with Crippen LogP contribution in [0.2, 0.25) is 5.02 Å². The average Bonchev–Trinajstić information content (AvgIpc) is 3.17. The van der Waals surface area contributed by atoms with Crippen molar-refractivity contribution in [3.05, 3.63) is 103 Å². The van der Waals surface area contributed by atoms with E-state index in [2.05, 4.69) is 15.9 Å². The summed E-state index contributed by atoms with van der Waals surface area (Å²) in [5.74, 6) is 0.844. The zero-order valence-corrected chi connectivity index (χ0v) is 22.8. The first-order chi connectivity index (χ1) is 17.9. The third-order valence-corrected chi connectivity index (χ3v) is 7.13. The van der Waals surface area contributed by atoms with Crippen LogP contribution in [0.1, 0.15) is 53.6 Å². The minimum Gasteiger partial charge on any atom is -0.490 e. The Hall–Kier alpha value is -3.29. The topological polar surface area (TPSA) is 69.0 Å². The third-order valence-electron chi connectivity index (χ3n) is 6.27. The molecule has 0 saturated heterocycles. The van der Waals surface area contributed by atoms with Crippen molar-refractivity contribution in [2.45, 2.75) is 32.9 Å². The van der Waals surface area contributed by atoms with Gasteiger partial charge < -0.3 is 18.8 Å². The highest BCUT2D eigenvalue weighted by atomic mass is 79.9. The minimum absolute atomic E-state index is 0.0427. The van der Waals surface area contributed by atoms with Gasteiger partial charge in [-0.1, -0.05) is 58.7 Å². The van der Waals surface area contributed by atoms with Crippen LogP contribution in [-0.2, 0) is 6.54 Å². The van der Waals surface area contributed by atoms with E-state index >= 15 is 0 Å². The highest BCUT2D eigenvalue weighted by Gasteiger charge is 2.43. The van der Waals surface area contributed by atoms with Gasteiger partial charge in [-0.15, -0.1) is 0 Å². The van der Waals surface area contributed by atoms with Crippen molar-refractivity contribution < 1.29 is 18.7 Å². The largest absolute Gasteiger partial charge is 0.490 e. The maximum absolute atomic E-state index is 13.8. The molecule has 1 amide bonds. The molecular formula is C29H25BrClNO5. The lowest BCUT2D eigenvalue weighted by Gasteiger charge is -2.26. The third kappa shape index (κ3) is 4.74. The summed E-state index contributed by atoms with van der Waals surface area (Å²) in [6, 6.07) is 17.4. The van der Waals surface area contributed by atoms with Crippen LogP contribution < -0.4 is 14.9 Å². The molecule has 2 heterocycles. The van der Waals surface area contributed by atoms with Gasteiger partial charge in [-0.2, -0.15) is 0 Å². The van der Waals surface area contributed by atoms with Crippen molar-refractivity contribution in [3.63, 3.8) is 0 Å². The second-order valence-corrected chi connectivity index (χ2v) is 10.1. The number of carbonyl (C=O) groups excluding carboxylic acids is 1. The monoisotopic (exact) mass is 581 g/mol. The number of benzene rings is 3. The molecule has 0 spiro atoms. The van der Waals surface area contributed by atoms with Gasteiger partial charge in [0.1, 0.15) is 5.58 Å². The van der Waals surface area contributed by atoms with Crippen molar-refractivity contribution in [3.8, 4) is 11.5 Å². The van der Waals surface area contributed by atoms with Crippen LogP contribution in [0.15, 0.2) is 74.3 Å². The Balaban J connectivity index is 1.70. The van der Waals surface area contributed by atoms with E-state index in [1.807, 2.05) is 50.2 Å². The molecule has 190 valence electrons. The molecule has 5 rings (SSSR count). The summed E-state index contributed by atoms with van der Waals surface area (Å²) in [5, 5.41) is 0.940. The fraction of sp³-hybridized carbons (Fsp3) is 0.241. The van der Waals surface area contributed by atoms with Crippen LogP contribution >= 0.6 is 27.5 Å². The van der Waals surface area contributed by atoms with E-state index in [1.165, 1.54) is 0 Å². The predicted molar refractivity (Wildman–Crippen MR) is 147 cm³/mol. The van der Waals surface area contributed by atoms with E-state index < -0.39 is 6.04 Å². The van der Waals surface area contributed by atoms with Crippen LogP contribution in [0.3, 0.4) is 0 Å². The molecule has 0 bridgehead atoms. The van der Waals surface area contributed by atoms with Crippen LogP contribution in [0.4, 0.5) is 0 Å². The number of halogens is 2. The zero-order chi connectivity index (χ0) is 26.1. The number of amides is 1. The number of ether oxygens (including phenoxy) is 2. The Morgan fingerprint density at radius 1 is 1.00 bits per heavy atom. The average molecular weight is 583 g/mol. The molecule has 4 aromatic rings. The quantitative estimate of drug-likeness (QED) is 0.221. The number of fused-ring (bicyclic) bond motifs is 2. The van der Waals surface area contributed by atoms with Crippen LogP contribution in [0.5, 0.6) is 11.5 Å². The molecule has 1 aliphatic rings. The predicted octanol–water partition coefficient (Wildman–Crippen LogP) is 7.14. The van der Waals surface area contributed by atoms with E-state index in [0.717, 1.165) is 16.5 Å². The second kappa shape index (κ2) is 10.6. The number of hydrogen-bond donors (Lipinski definition) is 0. The zero-order valence-electron chi connectivity index (χ0n) is 20.4. The van der Waals surface area contributed by atoms with E-state index in [0.29, 0.717) is 51.8 Å². The molecule has 0 N–H and O–H groups in total. The lowest BCUT2D eigenvalue weighted by molar-refractivity contribution is 0.0714. The highest BCUT2D eigenvalue weighted by molar-refractivity contribution is 9.10. The Bertz CT molecular complexity index is 1550. The summed E-state index contributed by atoms with van der Waals surface area (Å²) in [7, 11) is 0. The van der Waals surface area contributed by atoms with E-state index in [4.69, 9.17) is 25.5 Å². The van der Waals surface area contributed by atoms with Crippen molar-refractivity contribution in [1.29, 1.82) is 0 Å². The molecule has 0 fully saturated rings. The lowest BCUT2D eigenvalue weighted by atomic mass is 9.97. The van der Waals surface area contributed by atoms with Crippen molar-refractivity contribution in [2.75, 3.05) is 13.2 Å². The number of nitrogens with zero attached hydrogens (tertiary/aromatic N) is 1. The normalized spacial score (nSPS) is 14.8. The summed E-state index contributed by atoms with van der Waals surface area (Å²) in [5.41, 5.74) is 1.89. The van der Waals surface area contributed by atoms with Crippen LogP contribution in [0, 0.1) is 0 Å². The molecule has 1 aromatic heterocycles. The summed E-state index contributed by atoms with van der Waals surface area (Å²) in [6.07, 6.45) is 0.854. The summed E-state index contributed by atoms with van der Waals surface area (Å²) >= 11 is 9.90. The molecule has 0 aliphatic carbocycles. The molecule has 3 aromatic carbocycles. The van der Waals surface area contributed by atoms with Gasteiger partial charge in [-0.25, -0.2) is 0 Å². The molecule has 0 radical (unpaired) electrons. The van der Waals surface area contributed by atoms with E-state index in [9.17, 15) is 9.59 Å². The van der Waals surface area contributed by atoms with Gasteiger partial charge in [0.25, 0.3) is 5.91 Å². The molecule has 1 unspecified atom stereocenters. The van der Waals surface area contributed by atoms with Gasteiger partial charge in [0.2, 0.25) is 5.76 Å². The fourth-order valence-electron chi connectivity index (χ4n) is 4.61. The highest BCUT2D eigenvalue weighted by Crippen LogP contribution is 2.42. The molecule has 0 saturated carbocycles. The Morgan fingerprint density at radius 2 is 1.81 bits per heavy atom. The molecular weight excluding hydrogens is 558 g/mol. The Kier molecular flexibility index (Phi) is 7.26. The van der Waals surface area contributed by atoms with Crippen LogP contribution in [0.25, 0.3) is 11.0 Å². The van der Waals surface area contributed by atoms with E-state index in [-0.39, 0.29) is 23.6 Å². The number of hydrogen-bond acceptors (Lipinski definition) is 5. The van der Waals surface area contributed by atoms with Gasteiger partial charge in [-0.3, -0.25) is 9.59 Å². The first-order valence-electron chi connectivity index (χ1n) is 12.1. The summed E-state index contributed by atoms with van der Waals surface area (Å²) in [6.45, 7) is 5.12. The number of carbonyl (C=O) groups is 1. The lowest BCUT2D eigenvalue weighted by Crippen LogP contribution is -2.29. The first-order valence-corrected chi connectivity index (χ1v) is 13.3. The van der Waals surface area contributed by atoms with Gasteiger partial charge in [-0.05, 0) is 60.9 Å². The Labute approximate surface area is 227 Å². The van der Waals surface area contributed by atoms with Crippen molar-refractivity contribution >= 4 is 44.4 Å². The van der Waals surface area contributed by atoms with Crippen molar-refractivity contribution in [2.24, 2.45) is 0 Å². The standard InChI is InChI=1S/C29H25BrClNO5/c1-3-13-36-23-11-9-17(14-24(23)35-4-2)26-25-27(33)20-15-19(30)10-12-22(20)37-28(25)29(34)32(26)16-18-7-5-6-8-21(18)31/h5-12,14-15,26H,3-4,13,16H2,1-2H3. The van der Waals surface area contributed by atoms with Gasteiger partial charge in [0.05, 0.1) is 30.2 Å².